The molecule has 0 aliphatic carbocycles. The van der Waals surface area contributed by atoms with Crippen molar-refractivity contribution in [3.05, 3.63) is 59.2 Å². The first kappa shape index (κ1) is 19.6. The fraction of sp³-hybridized carbons (Fsp3) is 0.409. The van der Waals surface area contributed by atoms with Crippen LogP contribution in [0.15, 0.2) is 42.5 Å². The van der Waals surface area contributed by atoms with E-state index >= 15 is 0 Å². The molecule has 2 aromatic carbocycles. The largest absolute Gasteiger partial charge is 0.493 e. The summed E-state index contributed by atoms with van der Waals surface area (Å²) in [5, 5.41) is 0. The van der Waals surface area contributed by atoms with Gasteiger partial charge in [0.05, 0.1) is 19.3 Å². The van der Waals surface area contributed by atoms with Crippen molar-refractivity contribution in [2.75, 3.05) is 20.2 Å². The molecule has 0 radical (unpaired) electrons. The van der Waals surface area contributed by atoms with Crippen molar-refractivity contribution in [3.8, 4) is 11.5 Å². The Hall–Kier alpha value is -2.11. The molecule has 0 unspecified atom stereocenters. The summed E-state index contributed by atoms with van der Waals surface area (Å²) in [5.41, 5.74) is 3.32. The van der Waals surface area contributed by atoms with E-state index < -0.39 is 0 Å². The minimum absolute atomic E-state index is 0.172. The van der Waals surface area contributed by atoms with Gasteiger partial charge < -0.3 is 19.1 Å². The van der Waals surface area contributed by atoms with Crippen molar-refractivity contribution in [3.63, 3.8) is 0 Å². The number of rotatable bonds is 5. The number of hydrogen-bond donors (Lipinski definition) is 0. The quantitative estimate of drug-likeness (QED) is 0.714. The lowest BCUT2D eigenvalue weighted by Crippen LogP contribution is -2.47. The minimum Gasteiger partial charge on any atom is -0.493 e. The summed E-state index contributed by atoms with van der Waals surface area (Å²) < 4.78 is 17.3. The van der Waals surface area contributed by atoms with Crippen LogP contribution in [0.5, 0.6) is 11.5 Å². The fourth-order valence-electron chi connectivity index (χ4n) is 3.29. The van der Waals surface area contributed by atoms with Crippen LogP contribution in [0, 0.1) is 6.92 Å². The van der Waals surface area contributed by atoms with Crippen LogP contribution in [0.1, 0.15) is 30.5 Å². The normalized spacial score (nSPS) is 19.6. The average molecular weight is 386 g/mol. The maximum absolute atomic E-state index is 5.97. The number of morpholine rings is 1. The zero-order chi connectivity index (χ0) is 19.4. The van der Waals surface area contributed by atoms with Gasteiger partial charge in [-0.1, -0.05) is 42.0 Å². The van der Waals surface area contributed by atoms with Crippen molar-refractivity contribution >= 4 is 17.2 Å². The van der Waals surface area contributed by atoms with E-state index in [4.69, 9.17) is 26.4 Å². The van der Waals surface area contributed by atoms with Crippen LogP contribution >= 0.6 is 12.2 Å². The Kier molecular flexibility index (Phi) is 6.34. The maximum atomic E-state index is 5.97. The Labute approximate surface area is 167 Å². The van der Waals surface area contributed by atoms with Gasteiger partial charge in [0, 0.05) is 18.7 Å². The second kappa shape index (κ2) is 8.72. The summed E-state index contributed by atoms with van der Waals surface area (Å²) in [7, 11) is 1.65. The van der Waals surface area contributed by atoms with Crippen LogP contribution < -0.4 is 9.47 Å². The summed E-state index contributed by atoms with van der Waals surface area (Å²) in [4.78, 5) is 3.02. The topological polar surface area (TPSA) is 30.9 Å². The second-order valence-corrected chi connectivity index (χ2v) is 7.49. The SMILES string of the molecule is COc1cc(C(=S)N2C[C@@H](C)O[C@H](C)C2)ccc1OCc1ccc(C)cc1. The lowest BCUT2D eigenvalue weighted by atomic mass is 10.1. The van der Waals surface area contributed by atoms with Gasteiger partial charge in [0.25, 0.3) is 0 Å². The van der Waals surface area contributed by atoms with Gasteiger partial charge in [-0.25, -0.2) is 0 Å². The van der Waals surface area contributed by atoms with Crippen LogP contribution in [0.4, 0.5) is 0 Å². The van der Waals surface area contributed by atoms with Gasteiger partial charge in [0.15, 0.2) is 11.5 Å². The molecule has 4 nitrogen and oxygen atoms in total. The smallest absolute Gasteiger partial charge is 0.161 e. The van der Waals surface area contributed by atoms with Crippen LogP contribution in [0.2, 0.25) is 0 Å². The molecule has 0 bridgehead atoms. The highest BCUT2D eigenvalue weighted by Gasteiger charge is 2.25. The minimum atomic E-state index is 0.172. The lowest BCUT2D eigenvalue weighted by Gasteiger charge is -2.37. The molecule has 2 aromatic rings. The molecule has 1 aliphatic rings. The molecule has 1 saturated heterocycles. The predicted molar refractivity (Wildman–Crippen MR) is 112 cm³/mol. The third-order valence-corrected chi connectivity index (χ3v) is 5.13. The molecule has 0 N–H and O–H groups in total. The standard InChI is InChI=1S/C22H27NO3S/c1-15-5-7-18(8-6-15)14-25-20-10-9-19(11-21(20)24-4)22(27)23-12-16(2)26-17(3)13-23/h5-11,16-17H,12-14H2,1-4H3/t16-,17-/m1/s1. The zero-order valence-corrected chi connectivity index (χ0v) is 17.2. The maximum Gasteiger partial charge on any atom is 0.161 e. The number of ether oxygens (including phenoxy) is 3. The average Bonchev–Trinajstić information content (AvgIpc) is 2.66. The Morgan fingerprint density at radius 1 is 1.07 bits per heavy atom. The molecule has 1 aliphatic heterocycles. The van der Waals surface area contributed by atoms with Gasteiger partial charge in [0.1, 0.15) is 11.6 Å². The Morgan fingerprint density at radius 3 is 2.37 bits per heavy atom. The third kappa shape index (κ3) is 4.99. The first-order valence-electron chi connectivity index (χ1n) is 9.27. The number of benzene rings is 2. The molecule has 1 fully saturated rings. The van der Waals surface area contributed by atoms with Gasteiger partial charge in [-0.2, -0.15) is 0 Å². The van der Waals surface area contributed by atoms with Crippen LogP contribution in [0.25, 0.3) is 0 Å². The van der Waals surface area contributed by atoms with E-state index in [0.717, 1.165) is 29.2 Å². The highest BCUT2D eigenvalue weighted by Crippen LogP contribution is 2.30. The molecular weight excluding hydrogens is 358 g/mol. The fourth-order valence-corrected chi connectivity index (χ4v) is 3.57. The van der Waals surface area contributed by atoms with E-state index in [2.05, 4.69) is 49.9 Å². The third-order valence-electron chi connectivity index (χ3n) is 4.63. The van der Waals surface area contributed by atoms with E-state index in [9.17, 15) is 0 Å². The first-order chi connectivity index (χ1) is 13.0. The van der Waals surface area contributed by atoms with E-state index in [1.165, 1.54) is 5.56 Å². The monoisotopic (exact) mass is 385 g/mol. The van der Waals surface area contributed by atoms with E-state index in [-0.39, 0.29) is 12.2 Å². The van der Waals surface area contributed by atoms with E-state index in [1.807, 2.05) is 18.2 Å². The Morgan fingerprint density at radius 2 is 1.74 bits per heavy atom. The molecule has 0 aromatic heterocycles. The van der Waals surface area contributed by atoms with Crippen molar-refractivity contribution < 1.29 is 14.2 Å². The van der Waals surface area contributed by atoms with Crippen molar-refractivity contribution in [1.29, 1.82) is 0 Å². The van der Waals surface area contributed by atoms with Crippen molar-refractivity contribution in [2.45, 2.75) is 39.6 Å². The molecular formula is C22H27NO3S. The zero-order valence-electron chi connectivity index (χ0n) is 16.4. The summed E-state index contributed by atoms with van der Waals surface area (Å²) in [5.74, 6) is 1.41. The number of methoxy groups -OCH3 is 1. The number of thiocarbonyl (C=S) groups is 1. The predicted octanol–water partition coefficient (Wildman–Crippen LogP) is 4.37. The first-order valence-corrected chi connectivity index (χ1v) is 9.68. The van der Waals surface area contributed by atoms with Crippen molar-refractivity contribution in [1.82, 2.24) is 4.90 Å². The molecule has 144 valence electrons. The Balaban J connectivity index is 1.71. The van der Waals surface area contributed by atoms with Crippen LogP contribution in [0.3, 0.4) is 0 Å². The summed E-state index contributed by atoms with van der Waals surface area (Å²) in [6.07, 6.45) is 0.344. The molecule has 1 heterocycles. The number of hydrogen-bond acceptors (Lipinski definition) is 4. The second-order valence-electron chi connectivity index (χ2n) is 7.11. The van der Waals surface area contributed by atoms with Gasteiger partial charge in [-0.15, -0.1) is 0 Å². The van der Waals surface area contributed by atoms with E-state index in [0.29, 0.717) is 18.1 Å². The molecule has 0 saturated carbocycles. The lowest BCUT2D eigenvalue weighted by molar-refractivity contribution is -0.0472. The number of nitrogens with zero attached hydrogens (tertiary/aromatic N) is 1. The van der Waals surface area contributed by atoms with Crippen molar-refractivity contribution in [2.24, 2.45) is 0 Å². The summed E-state index contributed by atoms with van der Waals surface area (Å²) in [6.45, 7) is 8.33. The number of aryl methyl sites for hydroxylation is 1. The summed E-state index contributed by atoms with van der Waals surface area (Å²) in [6, 6.07) is 14.2. The Bertz CT molecular complexity index is 781. The molecule has 0 spiro atoms. The van der Waals surface area contributed by atoms with Crippen LogP contribution in [-0.4, -0.2) is 42.3 Å². The van der Waals surface area contributed by atoms with Gasteiger partial charge in [-0.05, 0) is 44.5 Å². The highest BCUT2D eigenvalue weighted by atomic mass is 32.1. The van der Waals surface area contributed by atoms with Gasteiger partial charge in [-0.3, -0.25) is 0 Å². The molecule has 3 rings (SSSR count). The van der Waals surface area contributed by atoms with Gasteiger partial charge in [0.2, 0.25) is 0 Å². The molecule has 5 heteroatoms. The summed E-state index contributed by atoms with van der Waals surface area (Å²) >= 11 is 5.72. The molecule has 2 atom stereocenters. The van der Waals surface area contributed by atoms with Crippen LogP contribution in [-0.2, 0) is 11.3 Å². The molecule has 27 heavy (non-hydrogen) atoms. The highest BCUT2D eigenvalue weighted by molar-refractivity contribution is 7.80. The van der Waals surface area contributed by atoms with E-state index in [1.54, 1.807) is 7.11 Å². The molecule has 0 amide bonds. The van der Waals surface area contributed by atoms with Gasteiger partial charge >= 0.3 is 0 Å².